The van der Waals surface area contributed by atoms with Crippen LogP contribution in [0.5, 0.6) is 0 Å². The summed E-state index contributed by atoms with van der Waals surface area (Å²) in [7, 11) is 0. The van der Waals surface area contributed by atoms with Crippen LogP contribution in [-0.2, 0) is 16.1 Å². The Balaban J connectivity index is 1.48. The Morgan fingerprint density at radius 2 is 2.09 bits per heavy atom. The average Bonchev–Trinajstić information content (AvgIpc) is 3.51. The van der Waals surface area contributed by atoms with Crippen molar-refractivity contribution in [3.8, 4) is 5.69 Å². The number of nitrogens with zero attached hydrogens (tertiary/aromatic N) is 6. The van der Waals surface area contributed by atoms with Crippen LogP contribution >= 0.6 is 11.6 Å². The van der Waals surface area contributed by atoms with E-state index in [2.05, 4.69) is 25.9 Å². The summed E-state index contributed by atoms with van der Waals surface area (Å²) in [5.74, 6) is -4.20. The van der Waals surface area contributed by atoms with Gasteiger partial charge in [-0.2, -0.15) is 5.10 Å². The van der Waals surface area contributed by atoms with Gasteiger partial charge in [0.2, 0.25) is 5.91 Å². The summed E-state index contributed by atoms with van der Waals surface area (Å²) in [6, 6.07) is 6.97. The van der Waals surface area contributed by atoms with Gasteiger partial charge in [-0.15, -0.1) is 5.10 Å². The zero-order valence-corrected chi connectivity index (χ0v) is 17.5. The lowest BCUT2D eigenvalue weighted by Crippen LogP contribution is -2.46. The van der Waals surface area contributed by atoms with Gasteiger partial charge in [0, 0.05) is 29.8 Å². The number of carbonyl (C=O) groups is 2. The Morgan fingerprint density at radius 3 is 2.85 bits per heavy atom. The molecule has 3 aromatic rings. The Hall–Kier alpha value is -3.77. The van der Waals surface area contributed by atoms with Crippen molar-refractivity contribution < 1.29 is 23.5 Å². The number of carbonyl (C=O) groups excluding carboxylic acids is 2. The molecule has 4 rings (SSSR count). The number of aromatic nitrogens is 4. The molecule has 1 aliphatic heterocycles. The molecule has 2 atom stereocenters. The van der Waals surface area contributed by atoms with E-state index >= 15 is 0 Å². The molecule has 10 nitrogen and oxygen atoms in total. The zero-order valence-electron chi connectivity index (χ0n) is 16.8. The third kappa shape index (κ3) is 4.56. The van der Waals surface area contributed by atoms with E-state index in [4.69, 9.17) is 11.6 Å². The monoisotopic (exact) mass is 475 g/mol. The standard InChI is InChI=1S/C20H16ClF2N7O3/c21-12-4-5-15(29-10-25-27-28-29)11(8-12)9-24-19(32)16-6-7-26-30(16)20(33)18(31)13-2-1-3-14(22)17(13)23/h1-5,7-8,10,16,18,31H,6,9H2,(H,24,32). The Kier molecular flexibility index (Phi) is 6.38. The number of rotatable bonds is 6. The van der Waals surface area contributed by atoms with E-state index in [1.165, 1.54) is 17.2 Å². The minimum absolute atomic E-state index is 0.0220. The summed E-state index contributed by atoms with van der Waals surface area (Å²) in [6.07, 6.45) is 0.742. The van der Waals surface area contributed by atoms with Crippen LogP contribution in [-0.4, -0.2) is 54.4 Å². The highest BCUT2D eigenvalue weighted by atomic mass is 35.5. The Labute approximate surface area is 190 Å². The quantitative estimate of drug-likeness (QED) is 0.557. The molecule has 0 aliphatic carbocycles. The summed E-state index contributed by atoms with van der Waals surface area (Å²) in [5, 5.41) is 29.0. The number of aliphatic hydroxyl groups is 1. The van der Waals surface area contributed by atoms with Crippen molar-refractivity contribution in [3.05, 3.63) is 70.5 Å². The molecule has 1 aliphatic rings. The number of hydrogen-bond acceptors (Lipinski definition) is 7. The first kappa shape index (κ1) is 22.4. The summed E-state index contributed by atoms with van der Waals surface area (Å²) in [6.45, 7) is 0.0220. The Bertz CT molecular complexity index is 1220. The maximum atomic E-state index is 14.0. The second-order valence-corrected chi connectivity index (χ2v) is 7.46. The molecule has 2 aromatic carbocycles. The highest BCUT2D eigenvalue weighted by Gasteiger charge is 2.37. The van der Waals surface area contributed by atoms with Crippen molar-refractivity contribution in [3.63, 3.8) is 0 Å². The van der Waals surface area contributed by atoms with Crippen LogP contribution in [0.3, 0.4) is 0 Å². The largest absolute Gasteiger partial charge is 0.378 e. The number of aliphatic hydroxyl groups excluding tert-OH is 1. The van der Waals surface area contributed by atoms with Gasteiger partial charge in [-0.3, -0.25) is 9.59 Å². The second kappa shape index (κ2) is 9.38. The van der Waals surface area contributed by atoms with Crippen molar-refractivity contribution in [2.45, 2.75) is 25.1 Å². The molecule has 13 heteroatoms. The van der Waals surface area contributed by atoms with Crippen molar-refractivity contribution in [2.24, 2.45) is 5.10 Å². The topological polar surface area (TPSA) is 126 Å². The molecule has 0 saturated heterocycles. The highest BCUT2D eigenvalue weighted by Crippen LogP contribution is 2.25. The lowest BCUT2D eigenvalue weighted by atomic mass is 10.1. The molecule has 2 unspecified atom stereocenters. The SMILES string of the molecule is O=C(NCc1cc(Cl)ccc1-n1cnnn1)C1CC=NN1C(=O)C(O)c1cccc(F)c1F. The molecule has 170 valence electrons. The molecule has 0 fully saturated rings. The molecule has 2 heterocycles. The van der Waals surface area contributed by atoms with Gasteiger partial charge in [0.15, 0.2) is 17.7 Å². The van der Waals surface area contributed by atoms with Gasteiger partial charge in [0.25, 0.3) is 5.91 Å². The number of hydrazone groups is 1. The fraction of sp³-hybridized carbons (Fsp3) is 0.200. The number of tetrazole rings is 1. The third-order valence-corrected chi connectivity index (χ3v) is 5.19. The molecule has 0 saturated carbocycles. The second-order valence-electron chi connectivity index (χ2n) is 7.02. The lowest BCUT2D eigenvalue weighted by molar-refractivity contribution is -0.146. The molecule has 1 aromatic heterocycles. The summed E-state index contributed by atoms with van der Waals surface area (Å²) in [5.41, 5.74) is 0.630. The van der Waals surface area contributed by atoms with Crippen LogP contribution in [0.1, 0.15) is 23.7 Å². The van der Waals surface area contributed by atoms with Crippen molar-refractivity contribution in [2.75, 3.05) is 0 Å². The predicted molar refractivity (Wildman–Crippen MR) is 111 cm³/mol. The van der Waals surface area contributed by atoms with Gasteiger partial charge in [0.1, 0.15) is 12.4 Å². The van der Waals surface area contributed by atoms with Gasteiger partial charge in [-0.25, -0.2) is 18.5 Å². The van der Waals surface area contributed by atoms with Crippen molar-refractivity contribution >= 4 is 29.6 Å². The number of amides is 2. The van der Waals surface area contributed by atoms with E-state index in [1.807, 2.05) is 0 Å². The first-order chi connectivity index (χ1) is 15.9. The number of nitrogens with one attached hydrogen (secondary N) is 1. The summed E-state index contributed by atoms with van der Waals surface area (Å²) < 4.78 is 28.9. The van der Waals surface area contributed by atoms with E-state index in [-0.39, 0.29) is 13.0 Å². The highest BCUT2D eigenvalue weighted by molar-refractivity contribution is 6.30. The average molecular weight is 476 g/mol. The molecular weight excluding hydrogens is 460 g/mol. The maximum absolute atomic E-state index is 14.0. The maximum Gasteiger partial charge on any atom is 0.276 e. The van der Waals surface area contributed by atoms with Gasteiger partial charge >= 0.3 is 0 Å². The molecule has 33 heavy (non-hydrogen) atoms. The first-order valence-corrected chi connectivity index (χ1v) is 10.0. The van der Waals surface area contributed by atoms with Gasteiger partial charge in [-0.05, 0) is 40.3 Å². The van der Waals surface area contributed by atoms with E-state index < -0.39 is 41.2 Å². The van der Waals surface area contributed by atoms with E-state index in [0.29, 0.717) is 16.3 Å². The molecule has 0 spiro atoms. The molecule has 2 N–H and O–H groups in total. The third-order valence-electron chi connectivity index (χ3n) is 4.96. The van der Waals surface area contributed by atoms with Crippen LogP contribution in [0, 0.1) is 11.6 Å². The minimum Gasteiger partial charge on any atom is -0.378 e. The molecule has 0 radical (unpaired) electrons. The molecule has 0 bridgehead atoms. The molecular formula is C20H16ClF2N7O3. The van der Waals surface area contributed by atoms with Crippen LogP contribution in [0.15, 0.2) is 47.8 Å². The van der Waals surface area contributed by atoms with Crippen LogP contribution < -0.4 is 5.32 Å². The van der Waals surface area contributed by atoms with Gasteiger partial charge < -0.3 is 10.4 Å². The fourth-order valence-electron chi connectivity index (χ4n) is 3.32. The predicted octanol–water partition coefficient (Wildman–Crippen LogP) is 1.53. The van der Waals surface area contributed by atoms with Gasteiger partial charge in [-0.1, -0.05) is 23.7 Å². The normalized spacial score (nSPS) is 16.1. The lowest BCUT2D eigenvalue weighted by Gasteiger charge is -2.24. The fourth-order valence-corrected chi connectivity index (χ4v) is 3.52. The zero-order chi connectivity index (χ0) is 23.5. The van der Waals surface area contributed by atoms with Crippen LogP contribution in [0.25, 0.3) is 5.69 Å². The summed E-state index contributed by atoms with van der Waals surface area (Å²) >= 11 is 6.07. The summed E-state index contributed by atoms with van der Waals surface area (Å²) in [4.78, 5) is 25.5. The Morgan fingerprint density at radius 1 is 1.27 bits per heavy atom. The number of halogens is 3. The number of hydrogen-bond donors (Lipinski definition) is 2. The van der Waals surface area contributed by atoms with E-state index in [9.17, 15) is 23.5 Å². The van der Waals surface area contributed by atoms with Crippen molar-refractivity contribution in [1.29, 1.82) is 0 Å². The smallest absolute Gasteiger partial charge is 0.276 e. The first-order valence-electron chi connectivity index (χ1n) is 9.64. The molecule has 2 amide bonds. The van der Waals surface area contributed by atoms with E-state index in [1.54, 1.807) is 18.2 Å². The van der Waals surface area contributed by atoms with Crippen LogP contribution in [0.2, 0.25) is 5.02 Å². The van der Waals surface area contributed by atoms with Gasteiger partial charge in [0.05, 0.1) is 5.69 Å². The van der Waals surface area contributed by atoms with E-state index in [0.717, 1.165) is 23.2 Å². The minimum atomic E-state index is -2.04. The van der Waals surface area contributed by atoms with Crippen molar-refractivity contribution in [1.82, 2.24) is 30.5 Å². The number of benzene rings is 2. The van der Waals surface area contributed by atoms with Crippen LogP contribution in [0.4, 0.5) is 8.78 Å².